The molecule has 0 saturated heterocycles. The van der Waals surface area contributed by atoms with E-state index < -0.39 is 5.41 Å². The molecule has 0 aliphatic carbocycles. The molecule has 0 fully saturated rings. The van der Waals surface area contributed by atoms with Gasteiger partial charge < -0.3 is 14.9 Å². The number of benzene rings is 1. The Morgan fingerprint density at radius 3 is 2.40 bits per heavy atom. The molecule has 3 nitrogen and oxygen atoms in total. The average molecular weight is 210 g/mol. The Morgan fingerprint density at radius 2 is 1.93 bits per heavy atom. The van der Waals surface area contributed by atoms with E-state index in [-0.39, 0.29) is 12.4 Å². The predicted molar refractivity (Wildman–Crippen MR) is 59.5 cm³/mol. The largest absolute Gasteiger partial charge is 0.508 e. The number of hydrogen-bond donors (Lipinski definition) is 2. The number of aromatic hydroxyl groups is 1. The van der Waals surface area contributed by atoms with Crippen molar-refractivity contribution in [2.75, 3.05) is 13.7 Å². The van der Waals surface area contributed by atoms with Crippen molar-refractivity contribution < 1.29 is 14.9 Å². The lowest BCUT2D eigenvalue weighted by Gasteiger charge is -2.24. The van der Waals surface area contributed by atoms with E-state index in [0.717, 1.165) is 11.1 Å². The molecule has 0 aliphatic rings. The lowest BCUT2D eigenvalue weighted by molar-refractivity contribution is 0.215. The van der Waals surface area contributed by atoms with Gasteiger partial charge in [-0.3, -0.25) is 0 Å². The molecule has 2 N–H and O–H groups in total. The first kappa shape index (κ1) is 11.9. The third-order valence-corrected chi connectivity index (χ3v) is 2.64. The molecule has 1 aromatic carbocycles. The SMILES string of the molecule is COc1cc(O)c(C(C)(C)CO)cc1C. The Balaban J connectivity index is 3.28. The summed E-state index contributed by atoms with van der Waals surface area (Å²) in [5.74, 6) is 0.821. The molecule has 0 unspecified atom stereocenters. The highest BCUT2D eigenvalue weighted by Gasteiger charge is 2.24. The van der Waals surface area contributed by atoms with Gasteiger partial charge >= 0.3 is 0 Å². The molecule has 0 saturated carbocycles. The van der Waals surface area contributed by atoms with E-state index >= 15 is 0 Å². The number of phenolic OH excluding ortho intramolecular Hbond substituents is 1. The van der Waals surface area contributed by atoms with Crippen LogP contribution in [-0.2, 0) is 5.41 Å². The highest BCUT2D eigenvalue weighted by Crippen LogP contribution is 2.35. The smallest absolute Gasteiger partial charge is 0.125 e. The van der Waals surface area contributed by atoms with Crippen molar-refractivity contribution in [3.63, 3.8) is 0 Å². The lowest BCUT2D eigenvalue weighted by atomic mass is 9.84. The van der Waals surface area contributed by atoms with Gasteiger partial charge in [0.1, 0.15) is 11.5 Å². The third kappa shape index (κ3) is 2.23. The molecule has 0 heterocycles. The zero-order valence-electron chi connectivity index (χ0n) is 9.66. The molecule has 0 spiro atoms. The van der Waals surface area contributed by atoms with Crippen molar-refractivity contribution in [3.8, 4) is 11.5 Å². The van der Waals surface area contributed by atoms with Crippen LogP contribution < -0.4 is 4.74 Å². The Labute approximate surface area is 90.3 Å². The summed E-state index contributed by atoms with van der Waals surface area (Å²) in [6.07, 6.45) is 0. The number of hydrogen-bond acceptors (Lipinski definition) is 3. The van der Waals surface area contributed by atoms with Crippen LogP contribution in [0.3, 0.4) is 0 Å². The molecule has 1 aromatic rings. The van der Waals surface area contributed by atoms with E-state index in [9.17, 15) is 10.2 Å². The first-order valence-electron chi connectivity index (χ1n) is 4.91. The van der Waals surface area contributed by atoms with Gasteiger partial charge in [-0.2, -0.15) is 0 Å². The number of methoxy groups -OCH3 is 1. The summed E-state index contributed by atoms with van der Waals surface area (Å²) in [5.41, 5.74) is 1.25. The highest BCUT2D eigenvalue weighted by molar-refractivity contribution is 5.48. The molecule has 1 rings (SSSR count). The Kier molecular flexibility index (Phi) is 3.25. The van der Waals surface area contributed by atoms with Crippen molar-refractivity contribution in [2.24, 2.45) is 0 Å². The number of ether oxygens (including phenoxy) is 1. The summed E-state index contributed by atoms with van der Waals surface area (Å²) in [6.45, 7) is 5.67. The van der Waals surface area contributed by atoms with Crippen LogP contribution >= 0.6 is 0 Å². The van der Waals surface area contributed by atoms with Crippen LogP contribution in [0.15, 0.2) is 12.1 Å². The van der Waals surface area contributed by atoms with Crippen molar-refractivity contribution >= 4 is 0 Å². The Bertz CT molecular complexity index is 356. The molecule has 84 valence electrons. The van der Waals surface area contributed by atoms with Gasteiger partial charge in [0.2, 0.25) is 0 Å². The normalized spacial score (nSPS) is 11.5. The minimum Gasteiger partial charge on any atom is -0.508 e. The monoisotopic (exact) mass is 210 g/mol. The molecule has 0 aliphatic heterocycles. The fraction of sp³-hybridized carbons (Fsp3) is 0.500. The van der Waals surface area contributed by atoms with Gasteiger partial charge in [0, 0.05) is 17.0 Å². The number of phenols is 1. The van der Waals surface area contributed by atoms with E-state index in [0.29, 0.717) is 5.75 Å². The van der Waals surface area contributed by atoms with Crippen LogP contribution in [-0.4, -0.2) is 23.9 Å². The highest BCUT2D eigenvalue weighted by atomic mass is 16.5. The van der Waals surface area contributed by atoms with Crippen molar-refractivity contribution in [1.29, 1.82) is 0 Å². The summed E-state index contributed by atoms with van der Waals surface area (Å²) in [7, 11) is 1.57. The van der Waals surface area contributed by atoms with Gasteiger partial charge in [-0.05, 0) is 18.6 Å². The van der Waals surface area contributed by atoms with Crippen molar-refractivity contribution in [2.45, 2.75) is 26.2 Å². The molecule has 0 amide bonds. The second kappa shape index (κ2) is 4.11. The summed E-state index contributed by atoms with van der Waals surface area (Å²) >= 11 is 0. The van der Waals surface area contributed by atoms with Crippen LogP contribution in [0.2, 0.25) is 0 Å². The molecule has 0 bridgehead atoms. The number of aryl methyl sites for hydroxylation is 1. The fourth-order valence-electron chi connectivity index (χ4n) is 1.52. The van der Waals surface area contributed by atoms with Crippen LogP contribution in [0.25, 0.3) is 0 Å². The molecule has 15 heavy (non-hydrogen) atoms. The second-order valence-electron chi connectivity index (χ2n) is 4.38. The molecule has 0 aromatic heterocycles. The minimum absolute atomic E-state index is 0.00761. The van der Waals surface area contributed by atoms with Gasteiger partial charge in [-0.25, -0.2) is 0 Å². The van der Waals surface area contributed by atoms with Crippen molar-refractivity contribution in [1.82, 2.24) is 0 Å². The number of aliphatic hydroxyl groups excluding tert-OH is 1. The minimum atomic E-state index is -0.443. The third-order valence-electron chi connectivity index (χ3n) is 2.64. The fourth-order valence-corrected chi connectivity index (χ4v) is 1.52. The van der Waals surface area contributed by atoms with Crippen molar-refractivity contribution in [3.05, 3.63) is 23.3 Å². The first-order chi connectivity index (χ1) is 6.92. The number of rotatable bonds is 3. The van der Waals surface area contributed by atoms with Gasteiger partial charge in [0.05, 0.1) is 13.7 Å². The quantitative estimate of drug-likeness (QED) is 0.802. The maximum Gasteiger partial charge on any atom is 0.125 e. The lowest BCUT2D eigenvalue weighted by Crippen LogP contribution is -2.22. The molecule has 3 heteroatoms. The Morgan fingerprint density at radius 1 is 1.33 bits per heavy atom. The average Bonchev–Trinajstić information content (AvgIpc) is 2.20. The van der Waals surface area contributed by atoms with Gasteiger partial charge in [-0.15, -0.1) is 0 Å². The van der Waals surface area contributed by atoms with Crippen LogP contribution in [0, 0.1) is 6.92 Å². The van der Waals surface area contributed by atoms with E-state index in [1.54, 1.807) is 13.2 Å². The second-order valence-corrected chi connectivity index (χ2v) is 4.38. The van der Waals surface area contributed by atoms with E-state index in [1.807, 2.05) is 26.8 Å². The van der Waals surface area contributed by atoms with Crippen LogP contribution in [0.4, 0.5) is 0 Å². The van der Waals surface area contributed by atoms with E-state index in [2.05, 4.69) is 0 Å². The van der Waals surface area contributed by atoms with Gasteiger partial charge in [0.15, 0.2) is 0 Å². The standard InChI is InChI=1S/C12H18O3/c1-8-5-9(12(2,3)7-13)10(14)6-11(8)15-4/h5-6,13-14H,7H2,1-4H3. The summed E-state index contributed by atoms with van der Waals surface area (Å²) < 4.78 is 5.10. The maximum absolute atomic E-state index is 9.82. The topological polar surface area (TPSA) is 49.7 Å². The van der Waals surface area contributed by atoms with E-state index in [1.165, 1.54) is 0 Å². The molecular formula is C12H18O3. The van der Waals surface area contributed by atoms with Gasteiger partial charge in [-0.1, -0.05) is 13.8 Å². The van der Waals surface area contributed by atoms with E-state index in [4.69, 9.17) is 4.74 Å². The molecular weight excluding hydrogens is 192 g/mol. The van der Waals surface area contributed by atoms with Crippen LogP contribution in [0.1, 0.15) is 25.0 Å². The zero-order chi connectivity index (χ0) is 11.6. The maximum atomic E-state index is 9.82. The summed E-state index contributed by atoms with van der Waals surface area (Å²) in [5, 5.41) is 19.1. The molecule has 0 radical (unpaired) electrons. The Hall–Kier alpha value is -1.22. The van der Waals surface area contributed by atoms with Gasteiger partial charge in [0.25, 0.3) is 0 Å². The summed E-state index contributed by atoms with van der Waals surface area (Å²) in [4.78, 5) is 0. The molecule has 0 atom stereocenters. The zero-order valence-corrected chi connectivity index (χ0v) is 9.66. The summed E-state index contributed by atoms with van der Waals surface area (Å²) in [6, 6.07) is 3.44. The predicted octanol–water partition coefficient (Wildman–Crippen LogP) is 1.98. The van der Waals surface area contributed by atoms with Crippen LogP contribution in [0.5, 0.6) is 11.5 Å². The number of aliphatic hydroxyl groups is 1. The first-order valence-corrected chi connectivity index (χ1v) is 4.91.